The fraction of sp³-hybridized carbons (Fsp3) is 0.0741. The lowest BCUT2D eigenvalue weighted by Crippen LogP contribution is -2.25. The number of nitrogens with zero attached hydrogens (tertiary/aromatic N) is 4. The van der Waals surface area contributed by atoms with Gasteiger partial charge in [0.05, 0.1) is 30.6 Å². The molecule has 0 fully saturated rings. The second kappa shape index (κ2) is 10.7. The number of halogens is 2. The number of aromatic nitrogens is 3. The van der Waals surface area contributed by atoms with Crippen LogP contribution in [0.3, 0.4) is 0 Å². The van der Waals surface area contributed by atoms with Gasteiger partial charge >= 0.3 is 0 Å². The highest BCUT2D eigenvalue weighted by Crippen LogP contribution is 2.32. The zero-order valence-corrected chi connectivity index (χ0v) is 20.6. The van der Waals surface area contributed by atoms with E-state index in [0.717, 1.165) is 6.20 Å². The monoisotopic (exact) mass is 531 g/mol. The van der Waals surface area contributed by atoms with Crippen molar-refractivity contribution in [3.63, 3.8) is 0 Å². The van der Waals surface area contributed by atoms with Crippen molar-refractivity contribution in [1.29, 1.82) is 0 Å². The molecule has 0 aliphatic carbocycles. The number of amides is 1. The van der Waals surface area contributed by atoms with E-state index in [1.165, 1.54) is 19.4 Å². The van der Waals surface area contributed by atoms with E-state index in [1.54, 1.807) is 53.1 Å². The number of fused-ring (bicyclic) bond motifs is 2. The fourth-order valence-corrected chi connectivity index (χ4v) is 4.09. The second-order valence-corrected chi connectivity index (χ2v) is 8.39. The van der Waals surface area contributed by atoms with E-state index in [2.05, 4.69) is 20.5 Å². The Hall–Kier alpha value is -4.83. The molecule has 0 saturated carbocycles. The lowest BCUT2D eigenvalue weighted by Gasteiger charge is -2.14. The number of ether oxygens (including phenoxy) is 2. The molecule has 38 heavy (non-hydrogen) atoms. The van der Waals surface area contributed by atoms with Crippen LogP contribution in [-0.4, -0.2) is 33.8 Å². The van der Waals surface area contributed by atoms with Crippen molar-refractivity contribution in [2.75, 3.05) is 7.11 Å². The minimum Gasteiger partial charge on any atom is -0.493 e. The van der Waals surface area contributed by atoms with Gasteiger partial charge in [-0.1, -0.05) is 24.3 Å². The van der Waals surface area contributed by atoms with Crippen molar-refractivity contribution < 1.29 is 18.7 Å². The number of carbonyl (C=O) groups excluding carboxylic acids is 1. The fourth-order valence-electron chi connectivity index (χ4n) is 3.97. The summed E-state index contributed by atoms with van der Waals surface area (Å²) in [5.41, 5.74) is 4.22. The topological polar surface area (TPSA) is 108 Å². The second-order valence-electron chi connectivity index (χ2n) is 8.05. The molecule has 0 aliphatic rings. The molecule has 3 aromatic carbocycles. The molecule has 0 radical (unpaired) electrons. The Labute approximate surface area is 220 Å². The predicted octanol–water partition coefficient (Wildman–Crippen LogP) is 4.69. The predicted molar refractivity (Wildman–Crippen MR) is 142 cm³/mol. The van der Waals surface area contributed by atoms with Crippen LogP contribution in [0.4, 0.5) is 4.39 Å². The first-order chi connectivity index (χ1) is 18.4. The average Bonchev–Trinajstić information content (AvgIpc) is 2.93. The number of pyridine rings is 1. The summed E-state index contributed by atoms with van der Waals surface area (Å²) in [7, 11) is 1.43. The molecule has 2 heterocycles. The van der Waals surface area contributed by atoms with Crippen LogP contribution in [0.15, 0.2) is 82.8 Å². The molecule has 5 rings (SSSR count). The highest BCUT2D eigenvalue weighted by Gasteiger charge is 2.14. The molecule has 9 nitrogen and oxygen atoms in total. The van der Waals surface area contributed by atoms with Gasteiger partial charge < -0.3 is 14.0 Å². The Morgan fingerprint density at radius 3 is 2.45 bits per heavy atom. The summed E-state index contributed by atoms with van der Waals surface area (Å²) >= 11 is 5.74. The van der Waals surface area contributed by atoms with Gasteiger partial charge in [-0.2, -0.15) is 14.5 Å². The maximum Gasteiger partial charge on any atom is 0.260 e. The van der Waals surface area contributed by atoms with Gasteiger partial charge in [0.15, 0.2) is 16.9 Å². The van der Waals surface area contributed by atoms with E-state index in [4.69, 9.17) is 21.1 Å². The van der Waals surface area contributed by atoms with Crippen LogP contribution in [0.1, 0.15) is 5.56 Å². The summed E-state index contributed by atoms with van der Waals surface area (Å²) in [5.74, 6) is -1.10. The number of methoxy groups -OCH3 is 1. The third kappa shape index (κ3) is 5.02. The molecule has 0 bridgehead atoms. The molecule has 2 aromatic heterocycles. The minimum atomic E-state index is -0.801. The smallest absolute Gasteiger partial charge is 0.260 e. The zero-order chi connectivity index (χ0) is 26.6. The Morgan fingerprint density at radius 1 is 1.08 bits per heavy atom. The lowest BCUT2D eigenvalue weighted by molar-refractivity contribution is -0.121. The molecule has 190 valence electrons. The van der Waals surface area contributed by atoms with E-state index in [1.807, 2.05) is 12.1 Å². The van der Waals surface area contributed by atoms with Crippen LogP contribution < -0.4 is 20.3 Å². The van der Waals surface area contributed by atoms with E-state index < -0.39 is 11.7 Å². The molecule has 0 atom stereocenters. The van der Waals surface area contributed by atoms with E-state index in [-0.39, 0.29) is 28.9 Å². The molecular formula is C27H19ClFN5O4. The lowest BCUT2D eigenvalue weighted by atomic mass is 10.1. The molecule has 1 amide bonds. The van der Waals surface area contributed by atoms with Gasteiger partial charge in [-0.3, -0.25) is 9.59 Å². The number of carbonyl (C=O) groups is 1. The first-order valence-corrected chi connectivity index (χ1v) is 11.7. The summed E-state index contributed by atoms with van der Waals surface area (Å²) in [6, 6.07) is 19.1. The van der Waals surface area contributed by atoms with Crippen LogP contribution in [0.25, 0.3) is 21.8 Å². The highest BCUT2D eigenvalue weighted by atomic mass is 35.5. The number of nitrogens with one attached hydrogen (secondary N) is 1. The summed E-state index contributed by atoms with van der Waals surface area (Å²) in [6.45, 7) is -0.0661. The van der Waals surface area contributed by atoms with Crippen LogP contribution in [0.5, 0.6) is 17.4 Å². The van der Waals surface area contributed by atoms with Gasteiger partial charge in [0.1, 0.15) is 6.54 Å². The van der Waals surface area contributed by atoms with Gasteiger partial charge in [-0.25, -0.2) is 10.4 Å². The molecule has 0 saturated heterocycles. The van der Waals surface area contributed by atoms with E-state index in [9.17, 15) is 14.0 Å². The van der Waals surface area contributed by atoms with Crippen molar-refractivity contribution in [2.45, 2.75) is 6.54 Å². The van der Waals surface area contributed by atoms with Gasteiger partial charge in [0.25, 0.3) is 11.8 Å². The van der Waals surface area contributed by atoms with E-state index in [0.29, 0.717) is 33.1 Å². The summed E-state index contributed by atoms with van der Waals surface area (Å²) in [5, 5.41) is 4.90. The van der Waals surface area contributed by atoms with Crippen molar-refractivity contribution in [2.24, 2.45) is 5.10 Å². The number of rotatable bonds is 7. The molecule has 0 aliphatic heterocycles. The molecule has 5 aromatic rings. The largest absolute Gasteiger partial charge is 0.493 e. The Bertz CT molecular complexity index is 1710. The Morgan fingerprint density at radius 2 is 1.76 bits per heavy atom. The van der Waals surface area contributed by atoms with Crippen molar-refractivity contribution >= 4 is 45.5 Å². The number of para-hydroxylation sites is 2. The maximum atomic E-state index is 14.0. The SMILES string of the molecule is COc1ccc(/C=N\NC(=O)Cn2c3ccccc3c(=O)c3ccccc32)cc1Oc1nc(Cl)ncc1F. The number of hydrazone groups is 1. The van der Waals surface area contributed by atoms with Crippen molar-refractivity contribution in [3.05, 3.63) is 99.8 Å². The van der Waals surface area contributed by atoms with Crippen LogP contribution in [0, 0.1) is 5.82 Å². The van der Waals surface area contributed by atoms with Gasteiger partial charge in [-0.05, 0) is 59.6 Å². The number of hydrogen-bond acceptors (Lipinski definition) is 7. The van der Waals surface area contributed by atoms with Crippen LogP contribution in [0.2, 0.25) is 5.28 Å². The Kier molecular flexibility index (Phi) is 6.96. The zero-order valence-electron chi connectivity index (χ0n) is 19.9. The third-order valence-corrected chi connectivity index (χ3v) is 5.84. The quantitative estimate of drug-likeness (QED) is 0.141. The van der Waals surface area contributed by atoms with Crippen LogP contribution in [-0.2, 0) is 11.3 Å². The van der Waals surface area contributed by atoms with Crippen LogP contribution >= 0.6 is 11.6 Å². The normalized spacial score (nSPS) is 11.2. The molecule has 0 spiro atoms. The van der Waals surface area contributed by atoms with Gasteiger partial charge in [-0.15, -0.1) is 0 Å². The van der Waals surface area contributed by atoms with Crippen molar-refractivity contribution in [3.8, 4) is 17.4 Å². The van der Waals surface area contributed by atoms with Gasteiger partial charge in [0.2, 0.25) is 11.1 Å². The van der Waals surface area contributed by atoms with Gasteiger partial charge in [0, 0.05) is 10.8 Å². The summed E-state index contributed by atoms with van der Waals surface area (Å²) < 4.78 is 26.6. The number of hydrogen-bond donors (Lipinski definition) is 1. The highest BCUT2D eigenvalue weighted by molar-refractivity contribution is 6.28. The molecule has 11 heteroatoms. The first kappa shape index (κ1) is 24.8. The molecule has 1 N–H and O–H groups in total. The van der Waals surface area contributed by atoms with E-state index >= 15 is 0 Å². The average molecular weight is 532 g/mol. The molecular weight excluding hydrogens is 513 g/mol. The Balaban J connectivity index is 1.37. The minimum absolute atomic E-state index is 0.0661. The van der Waals surface area contributed by atoms with Crippen molar-refractivity contribution in [1.82, 2.24) is 20.0 Å². The summed E-state index contributed by atoms with van der Waals surface area (Å²) in [6.07, 6.45) is 2.29. The maximum absolute atomic E-state index is 14.0. The summed E-state index contributed by atoms with van der Waals surface area (Å²) in [4.78, 5) is 33.0. The molecule has 0 unspecified atom stereocenters. The third-order valence-electron chi connectivity index (χ3n) is 5.66. The number of benzene rings is 3. The standard InChI is InChI=1S/C27H19ClFN5O4/c1-37-22-11-10-16(12-23(22)38-26-19(29)14-30-27(28)32-26)13-31-33-24(35)15-34-20-8-4-2-6-17(20)25(36)18-7-3-5-9-21(18)34/h2-14H,15H2,1H3,(H,33,35)/b31-13-. The first-order valence-electron chi connectivity index (χ1n) is 11.3.